The summed E-state index contributed by atoms with van der Waals surface area (Å²) >= 11 is 0. The van der Waals surface area contributed by atoms with Crippen LogP contribution in [0.5, 0.6) is 0 Å². The smallest absolute Gasteiger partial charge is 0.236 e. The fourth-order valence-corrected chi connectivity index (χ4v) is 2.10. The first-order valence-electron chi connectivity index (χ1n) is 5.79. The molecular formula is C13H15N3O2. The number of hydrogen-bond acceptors (Lipinski definition) is 3. The molecule has 0 spiro atoms. The average molecular weight is 245 g/mol. The predicted octanol–water partition coefficient (Wildman–Crippen LogP) is 2.45. The first-order valence-corrected chi connectivity index (χ1v) is 5.79. The molecule has 5 heteroatoms. The van der Waals surface area contributed by atoms with Crippen LogP contribution < -0.4 is 0 Å². The number of nitrogens with zero attached hydrogens (tertiary/aromatic N) is 3. The Morgan fingerprint density at radius 3 is 2.61 bits per heavy atom. The van der Waals surface area contributed by atoms with E-state index < -0.39 is 6.04 Å². The topological polar surface area (TPSA) is 61.0 Å². The van der Waals surface area contributed by atoms with E-state index in [0.29, 0.717) is 0 Å². The van der Waals surface area contributed by atoms with Crippen molar-refractivity contribution in [3.05, 3.63) is 64.0 Å². The number of aryl methyl sites for hydroxylation is 1. The average Bonchev–Trinajstić information content (AvgIpc) is 2.85. The Morgan fingerprint density at radius 2 is 2.06 bits per heavy atom. The Bertz CT molecular complexity index is 537. The number of nitro groups is 1. The molecule has 0 fully saturated rings. The highest BCUT2D eigenvalue weighted by Crippen LogP contribution is 2.25. The molecule has 0 unspecified atom stereocenters. The third-order valence-electron chi connectivity index (χ3n) is 3.11. The molecule has 0 amide bonds. The van der Waals surface area contributed by atoms with Crippen molar-refractivity contribution in [2.75, 3.05) is 0 Å². The SMILES string of the molecule is Cc1ccccc1[C@@H]([C@@H](C)[N+](=O)[O-])n1cccn1. The van der Waals surface area contributed by atoms with E-state index in [0.717, 1.165) is 11.1 Å². The van der Waals surface area contributed by atoms with Gasteiger partial charge >= 0.3 is 0 Å². The molecule has 1 aromatic carbocycles. The summed E-state index contributed by atoms with van der Waals surface area (Å²) in [6, 6.07) is 8.36. The first kappa shape index (κ1) is 12.3. The maximum absolute atomic E-state index is 11.1. The minimum atomic E-state index is -0.731. The predicted molar refractivity (Wildman–Crippen MR) is 68.0 cm³/mol. The maximum Gasteiger partial charge on any atom is 0.236 e. The summed E-state index contributed by atoms with van der Waals surface area (Å²) in [6.07, 6.45) is 3.40. The second-order valence-corrected chi connectivity index (χ2v) is 4.31. The summed E-state index contributed by atoms with van der Waals surface area (Å²) in [5.41, 5.74) is 1.97. The molecule has 1 heterocycles. The van der Waals surface area contributed by atoms with Gasteiger partial charge in [-0.05, 0) is 24.1 Å². The fraction of sp³-hybridized carbons (Fsp3) is 0.308. The van der Waals surface area contributed by atoms with Crippen LogP contribution in [0.1, 0.15) is 24.1 Å². The highest BCUT2D eigenvalue weighted by molar-refractivity contribution is 5.29. The standard InChI is InChI=1S/C13H15N3O2/c1-10-6-3-4-7-12(10)13(11(2)16(17)18)15-9-5-8-14-15/h3-9,11,13H,1-2H3/t11-,13-/m1/s1. The van der Waals surface area contributed by atoms with E-state index in [1.807, 2.05) is 31.2 Å². The van der Waals surface area contributed by atoms with Crippen molar-refractivity contribution in [2.24, 2.45) is 0 Å². The summed E-state index contributed by atoms with van der Waals surface area (Å²) in [4.78, 5) is 10.8. The first-order chi connectivity index (χ1) is 8.61. The minimum absolute atomic E-state index is 0.265. The molecule has 2 aromatic rings. The Balaban J connectivity index is 2.50. The fourth-order valence-electron chi connectivity index (χ4n) is 2.10. The summed E-state index contributed by atoms with van der Waals surface area (Å²) in [5, 5.41) is 15.2. The Labute approximate surface area is 105 Å². The van der Waals surface area contributed by atoms with Gasteiger partial charge in [-0.3, -0.25) is 14.8 Å². The molecule has 0 N–H and O–H groups in total. The van der Waals surface area contributed by atoms with Gasteiger partial charge < -0.3 is 0 Å². The highest BCUT2D eigenvalue weighted by atomic mass is 16.6. The normalized spacial score (nSPS) is 14.1. The van der Waals surface area contributed by atoms with E-state index in [1.165, 1.54) is 0 Å². The summed E-state index contributed by atoms with van der Waals surface area (Å²) < 4.78 is 1.65. The molecule has 2 rings (SSSR count). The Kier molecular flexibility index (Phi) is 3.41. The van der Waals surface area contributed by atoms with Crippen LogP contribution in [0.3, 0.4) is 0 Å². The van der Waals surface area contributed by atoms with Gasteiger partial charge in [0.15, 0.2) is 0 Å². The molecule has 18 heavy (non-hydrogen) atoms. The number of rotatable bonds is 4. The van der Waals surface area contributed by atoms with Crippen LogP contribution >= 0.6 is 0 Å². The second kappa shape index (κ2) is 5.00. The molecule has 0 bridgehead atoms. The Hall–Kier alpha value is -2.17. The molecule has 0 aliphatic heterocycles. The molecule has 0 saturated carbocycles. The summed E-state index contributed by atoms with van der Waals surface area (Å²) in [6.45, 7) is 3.57. The van der Waals surface area contributed by atoms with E-state index in [1.54, 1.807) is 30.1 Å². The zero-order valence-corrected chi connectivity index (χ0v) is 10.4. The van der Waals surface area contributed by atoms with E-state index in [-0.39, 0.29) is 11.0 Å². The molecule has 1 aromatic heterocycles. The van der Waals surface area contributed by atoms with Crippen molar-refractivity contribution in [1.29, 1.82) is 0 Å². The van der Waals surface area contributed by atoms with Gasteiger partial charge in [0.25, 0.3) is 0 Å². The van der Waals surface area contributed by atoms with Crippen molar-refractivity contribution in [2.45, 2.75) is 25.9 Å². The van der Waals surface area contributed by atoms with Crippen LogP contribution in [-0.2, 0) is 0 Å². The number of hydrogen-bond donors (Lipinski definition) is 0. The van der Waals surface area contributed by atoms with Crippen molar-refractivity contribution in [3.63, 3.8) is 0 Å². The van der Waals surface area contributed by atoms with E-state index in [2.05, 4.69) is 5.10 Å². The zero-order valence-electron chi connectivity index (χ0n) is 10.4. The monoisotopic (exact) mass is 245 g/mol. The van der Waals surface area contributed by atoms with Gasteiger partial charge in [0.1, 0.15) is 6.04 Å². The lowest BCUT2D eigenvalue weighted by atomic mass is 9.96. The quantitative estimate of drug-likeness (QED) is 0.614. The third-order valence-corrected chi connectivity index (χ3v) is 3.11. The molecular weight excluding hydrogens is 230 g/mol. The van der Waals surface area contributed by atoms with Crippen LogP contribution in [-0.4, -0.2) is 20.7 Å². The number of aromatic nitrogens is 2. The van der Waals surface area contributed by atoms with Crippen LogP contribution in [0, 0.1) is 17.0 Å². The van der Waals surface area contributed by atoms with E-state index >= 15 is 0 Å². The van der Waals surface area contributed by atoms with Gasteiger partial charge in [-0.1, -0.05) is 24.3 Å². The molecule has 0 radical (unpaired) electrons. The third kappa shape index (κ3) is 2.25. The molecule has 94 valence electrons. The van der Waals surface area contributed by atoms with Crippen molar-refractivity contribution in [1.82, 2.24) is 9.78 Å². The molecule has 0 aliphatic rings. The van der Waals surface area contributed by atoms with Gasteiger partial charge in [0.05, 0.1) is 0 Å². The van der Waals surface area contributed by atoms with Gasteiger partial charge in [-0.15, -0.1) is 0 Å². The molecule has 0 aliphatic carbocycles. The highest BCUT2D eigenvalue weighted by Gasteiger charge is 2.31. The van der Waals surface area contributed by atoms with Crippen LogP contribution in [0.2, 0.25) is 0 Å². The van der Waals surface area contributed by atoms with Crippen LogP contribution in [0.4, 0.5) is 0 Å². The van der Waals surface area contributed by atoms with Gasteiger partial charge in [-0.2, -0.15) is 5.10 Å². The molecule has 2 atom stereocenters. The lowest BCUT2D eigenvalue weighted by molar-refractivity contribution is -0.523. The van der Waals surface area contributed by atoms with Crippen LogP contribution in [0.25, 0.3) is 0 Å². The van der Waals surface area contributed by atoms with Gasteiger partial charge in [0.2, 0.25) is 6.04 Å². The Morgan fingerprint density at radius 1 is 1.33 bits per heavy atom. The van der Waals surface area contributed by atoms with Gasteiger partial charge in [0, 0.05) is 24.2 Å². The van der Waals surface area contributed by atoms with E-state index in [4.69, 9.17) is 0 Å². The lowest BCUT2D eigenvalue weighted by Gasteiger charge is -2.21. The summed E-state index contributed by atoms with van der Waals surface area (Å²) in [5.74, 6) is 0. The van der Waals surface area contributed by atoms with E-state index in [9.17, 15) is 10.1 Å². The zero-order chi connectivity index (χ0) is 13.1. The van der Waals surface area contributed by atoms with Crippen molar-refractivity contribution >= 4 is 0 Å². The maximum atomic E-state index is 11.1. The van der Waals surface area contributed by atoms with Crippen LogP contribution in [0.15, 0.2) is 42.7 Å². The molecule has 0 saturated heterocycles. The van der Waals surface area contributed by atoms with Gasteiger partial charge in [-0.25, -0.2) is 0 Å². The number of benzene rings is 1. The second-order valence-electron chi connectivity index (χ2n) is 4.31. The van der Waals surface area contributed by atoms with Crippen molar-refractivity contribution < 1.29 is 4.92 Å². The lowest BCUT2D eigenvalue weighted by Crippen LogP contribution is -2.30. The minimum Gasteiger partial charge on any atom is -0.264 e. The molecule has 5 nitrogen and oxygen atoms in total. The largest absolute Gasteiger partial charge is 0.264 e. The van der Waals surface area contributed by atoms with Crippen molar-refractivity contribution in [3.8, 4) is 0 Å². The summed E-state index contributed by atoms with van der Waals surface area (Å²) in [7, 11) is 0.